The Morgan fingerprint density at radius 1 is 1.41 bits per heavy atom. The van der Waals surface area contributed by atoms with Gasteiger partial charge in [-0.15, -0.1) is 0 Å². The smallest absolute Gasteiger partial charge is 0.265 e. The minimum atomic E-state index is -1.04. The van der Waals surface area contributed by atoms with Gasteiger partial charge < -0.3 is 5.32 Å². The number of thiol groups is 1. The van der Waals surface area contributed by atoms with Crippen LogP contribution in [0, 0.1) is 0 Å². The summed E-state index contributed by atoms with van der Waals surface area (Å²) in [5.74, 6) is -0.780. The van der Waals surface area contributed by atoms with E-state index in [4.69, 9.17) is 0 Å². The molecule has 5 nitrogen and oxygen atoms in total. The predicted octanol–water partition coefficient (Wildman–Crippen LogP) is 0.375. The highest BCUT2D eigenvalue weighted by Gasteiger charge is 2.32. The maximum absolute atomic E-state index is 11.8. The number of carbonyl (C=O) groups excluding carboxylic acids is 3. The van der Waals surface area contributed by atoms with Gasteiger partial charge in [0.15, 0.2) is 0 Å². The Hall–Kier alpha value is -1.82. The van der Waals surface area contributed by atoms with Gasteiger partial charge in [-0.1, -0.05) is 6.08 Å². The molecular formula is C11H12N2O3S. The summed E-state index contributed by atoms with van der Waals surface area (Å²) in [6.07, 6.45) is 4.89. The van der Waals surface area contributed by atoms with Gasteiger partial charge in [0.05, 0.1) is 9.93 Å². The molecule has 2 heterocycles. The topological polar surface area (TPSA) is 66.5 Å². The highest BCUT2D eigenvalue weighted by molar-refractivity contribution is 8.27. The second-order valence-corrected chi connectivity index (χ2v) is 5.68. The normalized spacial score (nSPS) is 25.1. The lowest BCUT2D eigenvalue weighted by atomic mass is 10.5. The Labute approximate surface area is 101 Å². The van der Waals surface area contributed by atoms with Crippen molar-refractivity contribution < 1.29 is 14.4 Å². The summed E-state index contributed by atoms with van der Waals surface area (Å²) in [5.41, 5.74) is 0. The van der Waals surface area contributed by atoms with E-state index < -0.39 is 10.9 Å². The van der Waals surface area contributed by atoms with Crippen LogP contribution in [0.5, 0.6) is 0 Å². The van der Waals surface area contributed by atoms with Crippen molar-refractivity contribution in [2.75, 3.05) is 7.05 Å². The van der Waals surface area contributed by atoms with Crippen LogP contribution in [-0.4, -0.2) is 29.7 Å². The first-order valence-electron chi connectivity index (χ1n) is 4.99. The van der Waals surface area contributed by atoms with Crippen LogP contribution in [0.25, 0.3) is 0 Å². The van der Waals surface area contributed by atoms with Crippen LogP contribution in [0.15, 0.2) is 33.6 Å². The van der Waals surface area contributed by atoms with Crippen molar-refractivity contribution in [3.63, 3.8) is 0 Å². The van der Waals surface area contributed by atoms with Crippen LogP contribution in [-0.2, 0) is 14.4 Å². The van der Waals surface area contributed by atoms with Crippen LogP contribution < -0.4 is 5.32 Å². The molecule has 0 aromatic rings. The zero-order valence-corrected chi connectivity index (χ0v) is 10.3. The number of hydrogen-bond donors (Lipinski definition) is 2. The van der Waals surface area contributed by atoms with Crippen LogP contribution in [0.4, 0.5) is 0 Å². The number of imide groups is 1. The number of nitrogens with zero attached hydrogens (tertiary/aromatic N) is 1. The second kappa shape index (κ2) is 4.21. The first kappa shape index (κ1) is 11.7. The lowest BCUT2D eigenvalue weighted by Gasteiger charge is -2.19. The molecule has 6 heteroatoms. The Morgan fingerprint density at radius 2 is 2.12 bits per heavy atom. The van der Waals surface area contributed by atoms with E-state index >= 15 is 0 Å². The van der Waals surface area contributed by atoms with Gasteiger partial charge in [-0.25, -0.2) is 0 Å². The van der Waals surface area contributed by atoms with Gasteiger partial charge in [0.1, 0.15) is 0 Å². The number of carbonyl (C=O) groups is 3. The number of amides is 3. The molecule has 0 aliphatic carbocycles. The van der Waals surface area contributed by atoms with E-state index in [0.717, 1.165) is 4.90 Å². The van der Waals surface area contributed by atoms with Crippen LogP contribution in [0.3, 0.4) is 0 Å². The number of allylic oxidation sites excluding steroid dienone is 2. The zero-order chi connectivity index (χ0) is 12.6. The van der Waals surface area contributed by atoms with Crippen molar-refractivity contribution in [2.24, 2.45) is 0 Å². The quantitative estimate of drug-likeness (QED) is 0.551. The van der Waals surface area contributed by atoms with Gasteiger partial charge in [0.25, 0.3) is 11.8 Å². The van der Waals surface area contributed by atoms with Gasteiger partial charge in [0, 0.05) is 20.0 Å². The largest absolute Gasteiger partial charge is 0.322 e. The molecular weight excluding hydrogens is 240 g/mol. The number of hydrogen-bond acceptors (Lipinski definition) is 3. The highest BCUT2D eigenvalue weighted by atomic mass is 32.2. The molecule has 0 bridgehead atoms. The molecule has 0 aromatic carbocycles. The molecule has 0 saturated heterocycles. The molecule has 1 atom stereocenters. The van der Waals surface area contributed by atoms with E-state index in [1.54, 1.807) is 12.2 Å². The van der Waals surface area contributed by atoms with E-state index in [-0.39, 0.29) is 17.7 Å². The third kappa shape index (κ3) is 2.03. The van der Waals surface area contributed by atoms with Crippen molar-refractivity contribution in [2.45, 2.75) is 6.92 Å². The third-order valence-electron chi connectivity index (χ3n) is 2.43. The predicted molar refractivity (Wildman–Crippen MR) is 65.9 cm³/mol. The van der Waals surface area contributed by atoms with E-state index in [1.807, 2.05) is 5.41 Å². The van der Waals surface area contributed by atoms with Crippen molar-refractivity contribution in [1.82, 2.24) is 10.2 Å². The maximum Gasteiger partial charge on any atom is 0.265 e. The number of likely N-dealkylation sites (N-methyl/N-ethyl adjacent to an activating group) is 1. The zero-order valence-electron chi connectivity index (χ0n) is 9.43. The summed E-state index contributed by atoms with van der Waals surface area (Å²) in [6.45, 7) is 1.41. The lowest BCUT2D eigenvalue weighted by molar-refractivity contribution is -0.135. The molecule has 2 aliphatic rings. The maximum atomic E-state index is 11.8. The summed E-state index contributed by atoms with van der Waals surface area (Å²) in [7, 11) is 0.412. The Kier molecular flexibility index (Phi) is 2.89. The molecule has 2 rings (SSSR count). The molecule has 0 aromatic heterocycles. The minimum absolute atomic E-state index is 0.182. The lowest BCUT2D eigenvalue weighted by Crippen LogP contribution is -2.26. The Bertz CT molecular complexity index is 505. The monoisotopic (exact) mass is 252 g/mol. The van der Waals surface area contributed by atoms with Gasteiger partial charge >= 0.3 is 0 Å². The summed E-state index contributed by atoms with van der Waals surface area (Å²) in [6, 6.07) is 0. The molecule has 3 amide bonds. The van der Waals surface area contributed by atoms with Crippen LogP contribution in [0.1, 0.15) is 6.92 Å². The van der Waals surface area contributed by atoms with Gasteiger partial charge in [-0.3, -0.25) is 19.3 Å². The third-order valence-corrected chi connectivity index (χ3v) is 4.52. The Balaban J connectivity index is 2.24. The fourth-order valence-electron chi connectivity index (χ4n) is 1.59. The fraction of sp³-hybridized carbons (Fsp3) is 0.182. The molecule has 2 aliphatic heterocycles. The van der Waals surface area contributed by atoms with Crippen molar-refractivity contribution >= 4 is 28.6 Å². The van der Waals surface area contributed by atoms with Crippen molar-refractivity contribution in [1.29, 1.82) is 0 Å². The van der Waals surface area contributed by atoms with E-state index in [9.17, 15) is 14.4 Å². The van der Waals surface area contributed by atoms with Crippen molar-refractivity contribution in [3.8, 4) is 0 Å². The van der Waals surface area contributed by atoms with Gasteiger partial charge in [0.2, 0.25) is 5.91 Å². The first-order chi connectivity index (χ1) is 8.00. The molecule has 1 unspecified atom stereocenters. The minimum Gasteiger partial charge on any atom is -0.322 e. The van der Waals surface area contributed by atoms with Gasteiger partial charge in [-0.05, 0) is 11.5 Å². The number of rotatable bonds is 2. The average molecular weight is 252 g/mol. The second-order valence-electron chi connectivity index (χ2n) is 3.68. The summed E-state index contributed by atoms with van der Waals surface area (Å²) in [5, 5.41) is 5.22. The molecule has 0 spiro atoms. The fourth-order valence-corrected chi connectivity index (χ4v) is 3.56. The molecule has 0 fully saturated rings. The summed E-state index contributed by atoms with van der Waals surface area (Å²) >= 11 is 0. The summed E-state index contributed by atoms with van der Waals surface area (Å²) < 4.78 is 0. The van der Waals surface area contributed by atoms with Crippen LogP contribution in [0.2, 0.25) is 0 Å². The Morgan fingerprint density at radius 3 is 2.65 bits per heavy atom. The molecule has 90 valence electrons. The van der Waals surface area contributed by atoms with Crippen LogP contribution >= 0.6 is 10.9 Å². The number of nitrogens with one attached hydrogen (secondary N) is 1. The molecule has 0 radical (unpaired) electrons. The molecule has 0 saturated carbocycles. The van der Waals surface area contributed by atoms with E-state index in [0.29, 0.717) is 9.93 Å². The average Bonchev–Trinajstić information content (AvgIpc) is 2.78. The molecule has 17 heavy (non-hydrogen) atoms. The van der Waals surface area contributed by atoms with E-state index in [2.05, 4.69) is 5.32 Å². The van der Waals surface area contributed by atoms with E-state index in [1.165, 1.54) is 20.0 Å². The van der Waals surface area contributed by atoms with Crippen molar-refractivity contribution in [3.05, 3.63) is 33.6 Å². The highest BCUT2D eigenvalue weighted by Crippen LogP contribution is 2.48. The molecule has 1 N–H and O–H groups in total. The SMILES string of the molecule is CC(=O)NC1=CC=C[SH]1C1=CC(=O)N(C)C1=O. The summed E-state index contributed by atoms with van der Waals surface area (Å²) in [4.78, 5) is 35.8. The van der Waals surface area contributed by atoms with Gasteiger partial charge in [-0.2, -0.15) is 10.9 Å². The first-order valence-corrected chi connectivity index (χ1v) is 6.41. The standard InChI is InChI=1S/C11H12N2O3S/c1-7(14)12-9-4-3-5-17(9)8-6-10(15)13(2)11(8)16/h3-6,17H,1-2H3,(H,12,14).